The molecule has 0 aliphatic heterocycles. The van der Waals surface area contributed by atoms with Crippen molar-refractivity contribution in [2.24, 2.45) is 0 Å². The second-order valence-corrected chi connectivity index (χ2v) is 6.16. The van der Waals surface area contributed by atoms with Gasteiger partial charge >= 0.3 is 0 Å². The van der Waals surface area contributed by atoms with E-state index in [1.54, 1.807) is 7.11 Å². The van der Waals surface area contributed by atoms with Gasteiger partial charge in [0.05, 0.1) is 12.8 Å². The second-order valence-electron chi connectivity index (χ2n) is 5.25. The van der Waals surface area contributed by atoms with Crippen molar-refractivity contribution < 1.29 is 4.74 Å². The number of unbranched alkanes of at least 4 members (excludes halogenated alkanes) is 7. The SMILES string of the molecule is CCCCCCCCCCNc1cc(Br)ccc1OC. The van der Waals surface area contributed by atoms with E-state index < -0.39 is 0 Å². The van der Waals surface area contributed by atoms with Crippen LogP contribution in [0.5, 0.6) is 5.75 Å². The number of rotatable bonds is 11. The van der Waals surface area contributed by atoms with Crippen molar-refractivity contribution >= 4 is 21.6 Å². The molecule has 2 nitrogen and oxygen atoms in total. The summed E-state index contributed by atoms with van der Waals surface area (Å²) < 4.78 is 6.43. The number of methoxy groups -OCH3 is 1. The summed E-state index contributed by atoms with van der Waals surface area (Å²) in [6, 6.07) is 6.06. The molecule has 0 aliphatic rings. The first kappa shape index (κ1) is 17.4. The standard InChI is InChI=1S/C17H28BrNO/c1-3-4-5-6-7-8-9-10-13-19-16-14-15(18)11-12-17(16)20-2/h11-12,14,19H,3-10,13H2,1-2H3. The van der Waals surface area contributed by atoms with Crippen LogP contribution in [0.2, 0.25) is 0 Å². The highest BCUT2D eigenvalue weighted by Crippen LogP contribution is 2.27. The molecule has 1 aromatic rings. The van der Waals surface area contributed by atoms with Crippen LogP contribution in [0.4, 0.5) is 5.69 Å². The van der Waals surface area contributed by atoms with E-state index in [0.717, 1.165) is 22.5 Å². The summed E-state index contributed by atoms with van der Waals surface area (Å²) in [5.74, 6) is 0.910. The van der Waals surface area contributed by atoms with Gasteiger partial charge in [-0.2, -0.15) is 0 Å². The molecule has 1 rings (SSSR count). The Morgan fingerprint density at radius 3 is 2.30 bits per heavy atom. The highest BCUT2D eigenvalue weighted by molar-refractivity contribution is 9.10. The topological polar surface area (TPSA) is 21.3 Å². The lowest BCUT2D eigenvalue weighted by Crippen LogP contribution is -2.03. The molecule has 0 saturated heterocycles. The van der Waals surface area contributed by atoms with Crippen molar-refractivity contribution in [1.82, 2.24) is 0 Å². The molecule has 0 aliphatic carbocycles. The highest BCUT2D eigenvalue weighted by atomic mass is 79.9. The number of hydrogen-bond acceptors (Lipinski definition) is 2. The van der Waals surface area contributed by atoms with Crippen molar-refractivity contribution in [1.29, 1.82) is 0 Å². The third kappa shape index (κ3) is 7.18. The minimum Gasteiger partial charge on any atom is -0.495 e. The van der Waals surface area contributed by atoms with Gasteiger partial charge in [-0.25, -0.2) is 0 Å². The van der Waals surface area contributed by atoms with Gasteiger partial charge in [-0.1, -0.05) is 67.8 Å². The van der Waals surface area contributed by atoms with Gasteiger partial charge in [0, 0.05) is 11.0 Å². The zero-order chi connectivity index (χ0) is 14.6. The van der Waals surface area contributed by atoms with Gasteiger partial charge in [0.2, 0.25) is 0 Å². The largest absolute Gasteiger partial charge is 0.495 e. The Balaban J connectivity index is 2.10. The van der Waals surface area contributed by atoms with Crippen LogP contribution in [-0.4, -0.2) is 13.7 Å². The van der Waals surface area contributed by atoms with E-state index in [2.05, 4.69) is 34.2 Å². The number of hydrogen-bond donors (Lipinski definition) is 1. The van der Waals surface area contributed by atoms with E-state index in [1.807, 2.05) is 12.1 Å². The van der Waals surface area contributed by atoms with Gasteiger partial charge in [0.15, 0.2) is 0 Å². The summed E-state index contributed by atoms with van der Waals surface area (Å²) in [6.45, 7) is 3.28. The van der Waals surface area contributed by atoms with Crippen molar-refractivity contribution in [2.45, 2.75) is 58.3 Å². The number of nitrogens with one attached hydrogen (secondary N) is 1. The lowest BCUT2D eigenvalue weighted by Gasteiger charge is -2.11. The van der Waals surface area contributed by atoms with Crippen LogP contribution in [0.1, 0.15) is 58.3 Å². The molecule has 20 heavy (non-hydrogen) atoms. The maximum Gasteiger partial charge on any atom is 0.142 e. The maximum absolute atomic E-state index is 5.35. The summed E-state index contributed by atoms with van der Waals surface area (Å²) in [4.78, 5) is 0. The van der Waals surface area contributed by atoms with E-state index in [0.29, 0.717) is 0 Å². The molecular weight excluding hydrogens is 314 g/mol. The molecule has 0 fully saturated rings. The minimum atomic E-state index is 0.910. The fourth-order valence-corrected chi connectivity index (χ4v) is 2.66. The number of anilines is 1. The number of benzene rings is 1. The van der Waals surface area contributed by atoms with E-state index in [1.165, 1.54) is 51.4 Å². The predicted octanol–water partition coefficient (Wildman–Crippen LogP) is 6.01. The average Bonchev–Trinajstić information content (AvgIpc) is 2.46. The normalized spacial score (nSPS) is 10.6. The quantitative estimate of drug-likeness (QED) is 0.497. The van der Waals surface area contributed by atoms with Crippen molar-refractivity contribution in [3.05, 3.63) is 22.7 Å². The Morgan fingerprint density at radius 2 is 1.65 bits per heavy atom. The van der Waals surface area contributed by atoms with E-state index in [9.17, 15) is 0 Å². The molecule has 0 atom stereocenters. The lowest BCUT2D eigenvalue weighted by molar-refractivity contribution is 0.416. The molecule has 0 amide bonds. The fraction of sp³-hybridized carbons (Fsp3) is 0.647. The molecule has 1 N–H and O–H groups in total. The number of halogens is 1. The fourth-order valence-electron chi connectivity index (χ4n) is 2.30. The molecule has 0 saturated carbocycles. The summed E-state index contributed by atoms with van der Waals surface area (Å²) in [5.41, 5.74) is 1.07. The molecular formula is C17H28BrNO. The predicted molar refractivity (Wildman–Crippen MR) is 91.8 cm³/mol. The molecule has 1 aromatic carbocycles. The average molecular weight is 342 g/mol. The second kappa shape index (κ2) is 11.0. The van der Waals surface area contributed by atoms with Crippen LogP contribution >= 0.6 is 15.9 Å². The first-order valence-corrected chi connectivity index (χ1v) is 8.64. The van der Waals surface area contributed by atoms with Gasteiger partial charge in [-0.15, -0.1) is 0 Å². The molecule has 0 radical (unpaired) electrons. The third-order valence-corrected chi connectivity index (χ3v) is 4.00. The Labute approximate surface area is 132 Å². The molecule has 0 aromatic heterocycles. The molecule has 0 bridgehead atoms. The monoisotopic (exact) mass is 341 g/mol. The smallest absolute Gasteiger partial charge is 0.142 e. The molecule has 0 heterocycles. The van der Waals surface area contributed by atoms with Gasteiger partial charge in [0.1, 0.15) is 5.75 Å². The van der Waals surface area contributed by atoms with Crippen molar-refractivity contribution in [2.75, 3.05) is 19.0 Å². The van der Waals surface area contributed by atoms with Gasteiger partial charge in [-0.05, 0) is 24.6 Å². The molecule has 3 heteroatoms. The van der Waals surface area contributed by atoms with Crippen LogP contribution in [0.15, 0.2) is 22.7 Å². The molecule has 114 valence electrons. The van der Waals surface area contributed by atoms with Crippen LogP contribution < -0.4 is 10.1 Å². The van der Waals surface area contributed by atoms with E-state index >= 15 is 0 Å². The Kier molecular flexibility index (Phi) is 9.56. The van der Waals surface area contributed by atoms with E-state index in [4.69, 9.17) is 4.74 Å². The first-order chi connectivity index (χ1) is 9.77. The summed E-state index contributed by atoms with van der Waals surface area (Å²) >= 11 is 3.49. The van der Waals surface area contributed by atoms with Gasteiger partial charge in [0.25, 0.3) is 0 Å². The Hall–Kier alpha value is -0.700. The van der Waals surface area contributed by atoms with E-state index in [-0.39, 0.29) is 0 Å². The van der Waals surface area contributed by atoms with Gasteiger partial charge in [-0.3, -0.25) is 0 Å². The van der Waals surface area contributed by atoms with Gasteiger partial charge < -0.3 is 10.1 Å². The molecule has 0 spiro atoms. The minimum absolute atomic E-state index is 0.910. The zero-order valence-electron chi connectivity index (χ0n) is 12.9. The lowest BCUT2D eigenvalue weighted by atomic mass is 10.1. The number of ether oxygens (including phenoxy) is 1. The Morgan fingerprint density at radius 1 is 1.00 bits per heavy atom. The van der Waals surface area contributed by atoms with Crippen LogP contribution in [-0.2, 0) is 0 Å². The highest BCUT2D eigenvalue weighted by Gasteiger charge is 2.02. The van der Waals surface area contributed by atoms with Crippen molar-refractivity contribution in [3.8, 4) is 5.75 Å². The van der Waals surface area contributed by atoms with Crippen LogP contribution in [0, 0.1) is 0 Å². The maximum atomic E-state index is 5.35. The summed E-state index contributed by atoms with van der Waals surface area (Å²) in [5, 5.41) is 3.46. The van der Waals surface area contributed by atoms with Crippen LogP contribution in [0.3, 0.4) is 0 Å². The van der Waals surface area contributed by atoms with Crippen LogP contribution in [0.25, 0.3) is 0 Å². The summed E-state index contributed by atoms with van der Waals surface area (Å²) in [6.07, 6.45) is 10.8. The molecule has 0 unspecified atom stereocenters. The first-order valence-electron chi connectivity index (χ1n) is 7.85. The van der Waals surface area contributed by atoms with Crippen molar-refractivity contribution in [3.63, 3.8) is 0 Å². The Bertz CT molecular complexity index is 368. The third-order valence-electron chi connectivity index (χ3n) is 3.51. The zero-order valence-corrected chi connectivity index (χ0v) is 14.5. The summed E-state index contributed by atoms with van der Waals surface area (Å²) in [7, 11) is 1.71.